The van der Waals surface area contributed by atoms with Gasteiger partial charge in [-0.15, -0.1) is 0 Å². The molecule has 4 aliphatic rings. The van der Waals surface area contributed by atoms with E-state index in [2.05, 4.69) is 31.8 Å². The molecule has 0 spiro atoms. The molecule has 0 aromatic carbocycles. The molecule has 0 aromatic heterocycles. The lowest BCUT2D eigenvalue weighted by Gasteiger charge is -2.34. The SMILES string of the molecule is C[Si](C)(C)[C@]12C3C=CC1C2C1CCCC13. The molecule has 15 heavy (non-hydrogen) atoms. The first kappa shape index (κ1) is 9.04. The average Bonchev–Trinajstić information content (AvgIpc) is 2.50. The zero-order valence-electron chi connectivity index (χ0n) is 10.2. The molecular weight excluding hydrogens is 196 g/mol. The smallest absolute Gasteiger partial charge is 0.0524 e. The summed E-state index contributed by atoms with van der Waals surface area (Å²) < 4.78 is 0. The van der Waals surface area contributed by atoms with E-state index in [1.165, 1.54) is 6.42 Å². The quantitative estimate of drug-likeness (QED) is 0.462. The van der Waals surface area contributed by atoms with Gasteiger partial charge < -0.3 is 0 Å². The van der Waals surface area contributed by atoms with Crippen LogP contribution in [-0.4, -0.2) is 8.07 Å². The maximum atomic E-state index is 2.63. The van der Waals surface area contributed by atoms with Crippen LogP contribution < -0.4 is 0 Å². The lowest BCUT2D eigenvalue weighted by Crippen LogP contribution is -2.35. The number of rotatable bonds is 1. The van der Waals surface area contributed by atoms with Crippen LogP contribution in [0, 0.1) is 29.6 Å². The predicted octanol–water partition coefficient (Wildman–Crippen LogP) is 3.93. The van der Waals surface area contributed by atoms with Gasteiger partial charge in [-0.2, -0.15) is 0 Å². The molecule has 4 aliphatic carbocycles. The van der Waals surface area contributed by atoms with Crippen LogP contribution in [-0.2, 0) is 0 Å². The summed E-state index contributed by atoms with van der Waals surface area (Å²) in [4.78, 5) is 0. The Hall–Kier alpha value is -0.0431. The van der Waals surface area contributed by atoms with Crippen LogP contribution in [0.15, 0.2) is 12.2 Å². The van der Waals surface area contributed by atoms with Crippen molar-refractivity contribution in [1.82, 2.24) is 0 Å². The largest absolute Gasteiger partial charge is 0.0845 e. The molecule has 0 aliphatic heterocycles. The van der Waals surface area contributed by atoms with Gasteiger partial charge in [0, 0.05) is 0 Å². The van der Waals surface area contributed by atoms with Crippen molar-refractivity contribution in [3.8, 4) is 0 Å². The second kappa shape index (κ2) is 2.29. The summed E-state index contributed by atoms with van der Waals surface area (Å²) in [6, 6.07) is 0. The lowest BCUT2D eigenvalue weighted by atomic mass is 9.88. The van der Waals surface area contributed by atoms with Crippen molar-refractivity contribution in [1.29, 1.82) is 0 Å². The first-order valence-electron chi connectivity index (χ1n) is 6.77. The van der Waals surface area contributed by atoms with Crippen LogP contribution in [0.4, 0.5) is 0 Å². The molecule has 0 aromatic rings. The number of hydrogen-bond donors (Lipinski definition) is 0. The van der Waals surface area contributed by atoms with Crippen LogP contribution in [0.25, 0.3) is 0 Å². The van der Waals surface area contributed by atoms with Gasteiger partial charge in [0.05, 0.1) is 8.07 Å². The third-order valence-electron chi connectivity index (χ3n) is 6.30. The monoisotopic (exact) mass is 218 g/mol. The Balaban J connectivity index is 1.83. The van der Waals surface area contributed by atoms with Crippen molar-refractivity contribution < 1.29 is 0 Å². The first-order valence-corrected chi connectivity index (χ1v) is 10.3. The summed E-state index contributed by atoms with van der Waals surface area (Å²) in [5.41, 5.74) is 0. The van der Waals surface area contributed by atoms with E-state index in [9.17, 15) is 0 Å². The first-order chi connectivity index (χ1) is 7.08. The van der Waals surface area contributed by atoms with E-state index < -0.39 is 8.07 Å². The topological polar surface area (TPSA) is 0 Å². The van der Waals surface area contributed by atoms with Crippen molar-refractivity contribution in [2.75, 3.05) is 0 Å². The van der Waals surface area contributed by atoms with Crippen LogP contribution in [0.3, 0.4) is 0 Å². The standard InChI is InChI=1S/C14H22Si/c1-15(2,3)14-11-7-8-12(14)13(14)10-6-4-5-9(10)11/h7-13H,4-6H2,1-3H3/t9?,10?,11?,12?,13?,14-/m1/s1. The minimum atomic E-state index is -0.966. The van der Waals surface area contributed by atoms with Gasteiger partial charge >= 0.3 is 0 Å². The van der Waals surface area contributed by atoms with E-state index >= 15 is 0 Å². The molecule has 0 radical (unpaired) electrons. The van der Waals surface area contributed by atoms with Crippen LogP contribution in [0.5, 0.6) is 0 Å². The maximum Gasteiger partial charge on any atom is 0.0524 e. The van der Waals surface area contributed by atoms with Crippen molar-refractivity contribution in [3.05, 3.63) is 12.2 Å². The molecular formula is C14H22Si. The van der Waals surface area contributed by atoms with E-state index in [0.29, 0.717) is 0 Å². The molecule has 0 amide bonds. The van der Waals surface area contributed by atoms with Gasteiger partial charge in [-0.25, -0.2) is 0 Å². The van der Waals surface area contributed by atoms with E-state index in [0.717, 1.165) is 34.6 Å². The Labute approximate surface area is 94.2 Å². The Morgan fingerprint density at radius 1 is 1.00 bits per heavy atom. The lowest BCUT2D eigenvalue weighted by molar-refractivity contribution is 0.337. The fourth-order valence-electron chi connectivity index (χ4n) is 6.11. The van der Waals surface area contributed by atoms with Crippen molar-refractivity contribution in [2.45, 2.75) is 43.9 Å². The van der Waals surface area contributed by atoms with Gasteiger partial charge in [-0.05, 0) is 47.5 Å². The minimum absolute atomic E-state index is 0.850. The van der Waals surface area contributed by atoms with Gasteiger partial charge in [0.1, 0.15) is 0 Å². The van der Waals surface area contributed by atoms with Crippen molar-refractivity contribution in [3.63, 3.8) is 0 Å². The van der Waals surface area contributed by atoms with Crippen molar-refractivity contribution in [2.24, 2.45) is 29.6 Å². The fourth-order valence-corrected chi connectivity index (χ4v) is 10.0. The third-order valence-corrected chi connectivity index (χ3v) is 9.90. The molecule has 3 saturated carbocycles. The summed E-state index contributed by atoms with van der Waals surface area (Å²) in [6.07, 6.45) is 9.90. The summed E-state index contributed by atoms with van der Waals surface area (Å²) >= 11 is 0. The number of hydrogen-bond acceptors (Lipinski definition) is 0. The molecule has 6 atom stereocenters. The Morgan fingerprint density at radius 3 is 2.40 bits per heavy atom. The van der Waals surface area contributed by atoms with Gasteiger partial charge in [0.2, 0.25) is 0 Å². The van der Waals surface area contributed by atoms with Crippen LogP contribution >= 0.6 is 0 Å². The van der Waals surface area contributed by atoms with E-state index in [1.54, 1.807) is 12.8 Å². The number of allylic oxidation sites excluding steroid dienone is 2. The van der Waals surface area contributed by atoms with Gasteiger partial charge in [0.15, 0.2) is 0 Å². The van der Waals surface area contributed by atoms with Crippen LogP contribution in [0.1, 0.15) is 19.3 Å². The summed E-state index contributed by atoms with van der Waals surface area (Å²) in [6.45, 7) is 7.88. The highest BCUT2D eigenvalue weighted by Crippen LogP contribution is 2.88. The average molecular weight is 218 g/mol. The molecule has 0 N–H and O–H groups in total. The molecule has 0 bridgehead atoms. The molecule has 5 unspecified atom stereocenters. The third kappa shape index (κ3) is 0.739. The maximum absolute atomic E-state index is 2.63. The molecule has 0 heterocycles. The second-order valence-electron chi connectivity index (χ2n) is 7.40. The van der Waals surface area contributed by atoms with E-state index in [1.807, 2.05) is 0 Å². The zero-order valence-corrected chi connectivity index (χ0v) is 11.2. The van der Waals surface area contributed by atoms with Crippen molar-refractivity contribution >= 4 is 8.07 Å². The molecule has 82 valence electrons. The zero-order chi connectivity index (χ0) is 10.4. The van der Waals surface area contributed by atoms with Gasteiger partial charge in [0.25, 0.3) is 0 Å². The van der Waals surface area contributed by atoms with E-state index in [-0.39, 0.29) is 0 Å². The normalized spacial score (nSPS) is 59.5. The fraction of sp³-hybridized carbons (Fsp3) is 0.857. The summed E-state index contributed by atoms with van der Waals surface area (Å²) in [7, 11) is -0.966. The van der Waals surface area contributed by atoms with E-state index in [4.69, 9.17) is 0 Å². The minimum Gasteiger partial charge on any atom is -0.0845 e. The van der Waals surface area contributed by atoms with Crippen LogP contribution in [0.2, 0.25) is 24.7 Å². The highest BCUT2D eigenvalue weighted by atomic mass is 28.3. The molecule has 3 fully saturated rings. The second-order valence-corrected chi connectivity index (χ2v) is 12.8. The summed E-state index contributed by atoms with van der Waals surface area (Å²) in [5, 5.41) is 0.850. The Kier molecular flexibility index (Phi) is 1.38. The predicted molar refractivity (Wildman–Crippen MR) is 66.5 cm³/mol. The summed E-state index contributed by atoms with van der Waals surface area (Å²) in [5.74, 6) is 5.45. The Bertz CT molecular complexity index is 351. The highest BCUT2D eigenvalue weighted by Gasteiger charge is 2.81. The van der Waals surface area contributed by atoms with Gasteiger partial charge in [-0.1, -0.05) is 38.2 Å². The molecule has 4 rings (SSSR count). The molecule has 0 nitrogen and oxygen atoms in total. The molecule has 0 saturated heterocycles. The highest BCUT2D eigenvalue weighted by molar-refractivity contribution is 6.80. The Morgan fingerprint density at radius 2 is 1.67 bits per heavy atom. The number of fused-ring (bicyclic) bond motifs is 4. The molecule has 1 heteroatoms. The van der Waals surface area contributed by atoms with Gasteiger partial charge in [-0.3, -0.25) is 0 Å².